The average Bonchev–Trinajstić information content (AvgIpc) is 3.01. The van der Waals surface area contributed by atoms with Gasteiger partial charge in [-0.1, -0.05) is 0 Å². The molecule has 27 heavy (non-hydrogen) atoms. The second-order valence-electron chi connectivity index (χ2n) is 5.46. The van der Waals surface area contributed by atoms with E-state index >= 15 is 0 Å². The van der Waals surface area contributed by atoms with Crippen LogP contribution in [0.4, 0.5) is 0 Å². The maximum absolute atomic E-state index is 12.7. The zero-order valence-electron chi connectivity index (χ0n) is 15.8. The minimum atomic E-state index is -1.33. The molecule has 1 aromatic carbocycles. The Hall–Kier alpha value is -1.01. The number of fused-ring (bicyclic) bond motifs is 1. The van der Waals surface area contributed by atoms with E-state index in [1.807, 2.05) is 32.0 Å². The molecule has 3 aromatic rings. The Balaban J connectivity index is 0.00000225. The largest absolute Gasteiger partial charge is 2.00 e. The Labute approximate surface area is 197 Å². The summed E-state index contributed by atoms with van der Waals surface area (Å²) in [5.41, 5.74) is 4.16. The number of imidazole rings is 1. The van der Waals surface area contributed by atoms with E-state index in [2.05, 4.69) is 15.0 Å². The fraction of sp³-hybridized carbons (Fsp3) is 0.294. The summed E-state index contributed by atoms with van der Waals surface area (Å²) >= 11 is 0. The molecule has 10 heteroatoms. The van der Waals surface area contributed by atoms with Gasteiger partial charge in [0.15, 0.2) is 5.16 Å². The molecule has 5 N–H and O–H groups in total. The van der Waals surface area contributed by atoms with Crippen LogP contribution in [-0.2, 0) is 16.6 Å². The van der Waals surface area contributed by atoms with Crippen LogP contribution < -0.4 is 9.47 Å². The molecule has 1 atom stereocenters. The number of hydrogen-bond donors (Lipinski definition) is 1. The molecular weight excluding hydrogens is 446 g/mol. The fourth-order valence-electron chi connectivity index (χ4n) is 2.61. The van der Waals surface area contributed by atoms with Crippen molar-refractivity contribution in [2.45, 2.75) is 24.8 Å². The van der Waals surface area contributed by atoms with Gasteiger partial charge >= 0.3 is 45.5 Å². The molecule has 2 heterocycles. The quantitative estimate of drug-likeness (QED) is 0.553. The first-order valence-electron chi connectivity index (χ1n) is 7.44. The first-order chi connectivity index (χ1) is 11.5. The Bertz CT molecular complexity index is 932. The molecule has 3 rings (SSSR count). The molecule has 1 unspecified atom stereocenters. The van der Waals surface area contributed by atoms with Crippen molar-refractivity contribution >= 4 is 67.3 Å². The van der Waals surface area contributed by atoms with Crippen molar-refractivity contribution < 1.29 is 24.6 Å². The maximum Gasteiger partial charge on any atom is 2.00 e. The van der Waals surface area contributed by atoms with Gasteiger partial charge in [-0.2, -0.15) is 0 Å². The van der Waals surface area contributed by atoms with Crippen LogP contribution >= 0.6 is 0 Å². The van der Waals surface area contributed by atoms with E-state index in [4.69, 9.17) is 9.47 Å². The van der Waals surface area contributed by atoms with Gasteiger partial charge in [-0.05, 0) is 26.0 Å². The SMILES string of the molecule is COc1ccc2nc(S(=O)Cc3ncc(C)c(OC)c3C)[nH]c2c1.O.O.[Sr+2]. The molecule has 0 radical (unpaired) electrons. The summed E-state index contributed by atoms with van der Waals surface area (Å²) in [7, 11) is 1.91. The molecule has 142 valence electrons. The van der Waals surface area contributed by atoms with Crippen LogP contribution in [0.15, 0.2) is 29.6 Å². The van der Waals surface area contributed by atoms with E-state index in [-0.39, 0.29) is 62.2 Å². The molecule has 0 saturated carbocycles. The van der Waals surface area contributed by atoms with Gasteiger partial charge in [0, 0.05) is 23.4 Å². The van der Waals surface area contributed by atoms with Gasteiger partial charge in [-0.15, -0.1) is 0 Å². The van der Waals surface area contributed by atoms with Gasteiger partial charge in [-0.25, -0.2) is 4.98 Å². The summed E-state index contributed by atoms with van der Waals surface area (Å²) in [5, 5.41) is 0.430. The molecule has 0 amide bonds. The van der Waals surface area contributed by atoms with E-state index in [0.717, 1.165) is 39.4 Å². The third kappa shape index (κ3) is 5.50. The standard InChI is InChI=1S/C17H19N3O3S.2H2O.Sr/c1-10-8-18-15(11(2)16(10)23-4)9-24(21)17-19-13-6-5-12(22-3)7-14(13)20-17;;;/h5-8H,9H2,1-4H3,(H,19,20);2*1H2;/q;;;+2. The average molecular weight is 469 g/mol. The zero-order valence-corrected chi connectivity index (χ0v) is 20.0. The topological polar surface area (TPSA) is 140 Å². The number of nitrogens with one attached hydrogen (secondary N) is 1. The first kappa shape index (κ1) is 26.0. The summed E-state index contributed by atoms with van der Waals surface area (Å²) in [6.07, 6.45) is 1.74. The van der Waals surface area contributed by atoms with Crippen LogP contribution in [-0.4, -0.2) is 89.8 Å². The van der Waals surface area contributed by atoms with Crippen LogP contribution in [0.5, 0.6) is 11.5 Å². The number of methoxy groups -OCH3 is 2. The van der Waals surface area contributed by atoms with E-state index in [1.54, 1.807) is 20.4 Å². The van der Waals surface area contributed by atoms with Crippen molar-refractivity contribution in [2.75, 3.05) is 14.2 Å². The summed E-state index contributed by atoms with van der Waals surface area (Å²) in [6, 6.07) is 5.50. The van der Waals surface area contributed by atoms with Crippen LogP contribution in [0.1, 0.15) is 16.8 Å². The summed E-state index contributed by atoms with van der Waals surface area (Å²) < 4.78 is 23.3. The van der Waals surface area contributed by atoms with Gasteiger partial charge < -0.3 is 25.4 Å². The number of ether oxygens (including phenoxy) is 2. The number of H-pyrrole nitrogens is 1. The van der Waals surface area contributed by atoms with Crippen LogP contribution in [0.2, 0.25) is 0 Å². The Morgan fingerprint density at radius 2 is 1.85 bits per heavy atom. The number of aromatic amines is 1. The van der Waals surface area contributed by atoms with Crippen molar-refractivity contribution in [3.63, 3.8) is 0 Å². The summed E-state index contributed by atoms with van der Waals surface area (Å²) in [6.45, 7) is 3.86. The second-order valence-corrected chi connectivity index (χ2v) is 6.83. The fourth-order valence-corrected chi connectivity index (χ4v) is 3.71. The Morgan fingerprint density at radius 1 is 1.15 bits per heavy atom. The summed E-state index contributed by atoms with van der Waals surface area (Å²) in [5.74, 6) is 1.79. The predicted molar refractivity (Wildman–Crippen MR) is 106 cm³/mol. The predicted octanol–water partition coefficient (Wildman–Crippen LogP) is 0.870. The van der Waals surface area contributed by atoms with Crippen molar-refractivity contribution in [2.24, 2.45) is 0 Å². The van der Waals surface area contributed by atoms with E-state index in [9.17, 15) is 4.21 Å². The molecule has 0 saturated heterocycles. The normalized spacial score (nSPS) is 11.0. The molecule has 0 bridgehead atoms. The molecule has 0 fully saturated rings. The van der Waals surface area contributed by atoms with Gasteiger partial charge in [0.05, 0.1) is 47.5 Å². The number of rotatable bonds is 5. The van der Waals surface area contributed by atoms with E-state index in [1.165, 1.54) is 0 Å². The Kier molecular flexibility index (Phi) is 10.7. The van der Waals surface area contributed by atoms with Crippen molar-refractivity contribution in [1.82, 2.24) is 15.0 Å². The van der Waals surface area contributed by atoms with Crippen LogP contribution in [0, 0.1) is 13.8 Å². The van der Waals surface area contributed by atoms with Gasteiger partial charge in [0.1, 0.15) is 11.5 Å². The monoisotopic (exact) mass is 469 g/mol. The smallest absolute Gasteiger partial charge is 0.497 e. The number of aryl methyl sites for hydroxylation is 1. The number of aromatic nitrogens is 3. The van der Waals surface area contributed by atoms with Crippen LogP contribution in [0.3, 0.4) is 0 Å². The molecule has 2 aromatic heterocycles. The Morgan fingerprint density at radius 3 is 2.48 bits per heavy atom. The van der Waals surface area contributed by atoms with Gasteiger partial charge in [0.25, 0.3) is 0 Å². The molecule has 8 nitrogen and oxygen atoms in total. The molecule has 0 spiro atoms. The van der Waals surface area contributed by atoms with Gasteiger partial charge in [0.2, 0.25) is 0 Å². The van der Waals surface area contributed by atoms with Crippen molar-refractivity contribution in [3.8, 4) is 11.5 Å². The number of pyridine rings is 1. The van der Waals surface area contributed by atoms with E-state index < -0.39 is 10.8 Å². The maximum atomic E-state index is 12.7. The summed E-state index contributed by atoms with van der Waals surface area (Å²) in [4.78, 5) is 11.9. The number of nitrogens with zero attached hydrogens (tertiary/aromatic N) is 2. The van der Waals surface area contributed by atoms with Gasteiger partial charge in [-0.3, -0.25) is 9.19 Å². The molecule has 0 aliphatic heterocycles. The number of hydrogen-bond acceptors (Lipinski definition) is 5. The third-order valence-electron chi connectivity index (χ3n) is 3.90. The minimum Gasteiger partial charge on any atom is -0.497 e. The molecule has 0 aliphatic rings. The van der Waals surface area contributed by atoms with E-state index in [0.29, 0.717) is 5.16 Å². The second kappa shape index (κ2) is 11.1. The van der Waals surface area contributed by atoms with Crippen molar-refractivity contribution in [1.29, 1.82) is 0 Å². The zero-order chi connectivity index (χ0) is 17.3. The first-order valence-corrected chi connectivity index (χ1v) is 8.76. The number of benzene rings is 1. The minimum absolute atomic E-state index is 0. The molecule has 0 aliphatic carbocycles. The van der Waals surface area contributed by atoms with Crippen molar-refractivity contribution in [3.05, 3.63) is 41.2 Å². The molecular formula is C17H23N3O5SSr+2. The third-order valence-corrected chi connectivity index (χ3v) is 5.06. The van der Waals surface area contributed by atoms with Crippen LogP contribution in [0.25, 0.3) is 11.0 Å².